The van der Waals surface area contributed by atoms with Gasteiger partial charge in [-0.15, -0.1) is 0 Å². The molecule has 0 fully saturated rings. The van der Waals surface area contributed by atoms with Crippen LogP contribution in [0, 0.1) is 5.92 Å². The number of carbonyl (C=O) groups excluding carboxylic acids is 1. The van der Waals surface area contributed by atoms with Crippen LogP contribution < -0.4 is 0 Å². The minimum atomic E-state index is -0.197. The van der Waals surface area contributed by atoms with Crippen molar-refractivity contribution in [1.29, 1.82) is 0 Å². The summed E-state index contributed by atoms with van der Waals surface area (Å²) in [7, 11) is 0. The predicted molar refractivity (Wildman–Crippen MR) is 48.1 cm³/mol. The zero-order valence-corrected chi connectivity index (χ0v) is 6.95. The molecule has 0 spiro atoms. The van der Waals surface area contributed by atoms with Crippen LogP contribution in [-0.2, 0) is 4.79 Å². The van der Waals surface area contributed by atoms with E-state index in [0.29, 0.717) is 5.03 Å². The molecule has 0 bridgehead atoms. The van der Waals surface area contributed by atoms with E-state index in [0.717, 1.165) is 5.57 Å². The molecule has 0 aromatic carbocycles. The zero-order valence-electron chi connectivity index (χ0n) is 6.20. The highest BCUT2D eigenvalue weighted by Gasteiger charge is 2.16. The van der Waals surface area contributed by atoms with Crippen LogP contribution in [-0.4, -0.2) is 12.1 Å². The lowest BCUT2D eigenvalue weighted by Gasteiger charge is -2.15. The number of fused-ring (bicyclic) bond motifs is 1. The average Bonchev–Trinajstić information content (AvgIpc) is 2.05. The van der Waals surface area contributed by atoms with Crippen molar-refractivity contribution in [3.05, 3.63) is 34.9 Å². The van der Waals surface area contributed by atoms with E-state index in [1.165, 1.54) is 6.08 Å². The number of aliphatic imine (C=N–C) groups is 1. The SMILES string of the molecule is O=C1C=C2C=CC(Cl)=CC2C=N1. The second kappa shape index (κ2) is 2.72. The molecule has 0 radical (unpaired) electrons. The molecule has 1 aliphatic heterocycles. The van der Waals surface area contributed by atoms with Gasteiger partial charge in [-0.3, -0.25) is 4.79 Å². The second-order valence-corrected chi connectivity index (χ2v) is 3.11. The van der Waals surface area contributed by atoms with Gasteiger partial charge in [-0.25, -0.2) is 4.99 Å². The molecule has 0 aromatic heterocycles. The van der Waals surface area contributed by atoms with Gasteiger partial charge in [0, 0.05) is 23.2 Å². The third-order valence-corrected chi connectivity index (χ3v) is 2.06. The monoisotopic (exact) mass is 179 g/mol. The molecule has 3 heteroatoms. The third kappa shape index (κ3) is 1.25. The van der Waals surface area contributed by atoms with E-state index in [4.69, 9.17) is 11.6 Å². The van der Waals surface area contributed by atoms with E-state index in [1.807, 2.05) is 12.2 Å². The van der Waals surface area contributed by atoms with Gasteiger partial charge in [0.1, 0.15) is 0 Å². The molecular formula is C9H6ClNO. The Morgan fingerprint density at radius 1 is 1.42 bits per heavy atom. The predicted octanol–water partition coefficient (Wildman–Crippen LogP) is 1.83. The number of dihydropyridines is 1. The van der Waals surface area contributed by atoms with Crippen molar-refractivity contribution in [1.82, 2.24) is 0 Å². The molecule has 2 aliphatic rings. The van der Waals surface area contributed by atoms with E-state index in [-0.39, 0.29) is 11.8 Å². The summed E-state index contributed by atoms with van der Waals surface area (Å²) in [5.41, 5.74) is 0.958. The van der Waals surface area contributed by atoms with Crippen molar-refractivity contribution < 1.29 is 4.79 Å². The first kappa shape index (κ1) is 7.50. The Morgan fingerprint density at radius 3 is 3.08 bits per heavy atom. The highest BCUT2D eigenvalue weighted by molar-refractivity contribution is 6.31. The molecule has 12 heavy (non-hydrogen) atoms. The van der Waals surface area contributed by atoms with Gasteiger partial charge in [-0.05, 0) is 11.6 Å². The number of hydrogen-bond donors (Lipinski definition) is 0. The molecule has 0 N–H and O–H groups in total. The largest absolute Gasteiger partial charge is 0.269 e. The van der Waals surface area contributed by atoms with Gasteiger partial charge in [0.25, 0.3) is 5.91 Å². The van der Waals surface area contributed by atoms with Crippen LogP contribution in [0.3, 0.4) is 0 Å². The van der Waals surface area contributed by atoms with Crippen molar-refractivity contribution in [3.8, 4) is 0 Å². The van der Waals surface area contributed by atoms with Gasteiger partial charge in [0.05, 0.1) is 0 Å². The Labute approximate surface area is 74.9 Å². The van der Waals surface area contributed by atoms with E-state index >= 15 is 0 Å². The van der Waals surface area contributed by atoms with E-state index in [1.54, 1.807) is 12.3 Å². The molecule has 1 unspecified atom stereocenters. The molecule has 1 atom stereocenters. The van der Waals surface area contributed by atoms with Crippen LogP contribution in [0.1, 0.15) is 0 Å². The van der Waals surface area contributed by atoms with Crippen LogP contribution in [0.15, 0.2) is 39.9 Å². The van der Waals surface area contributed by atoms with Gasteiger partial charge >= 0.3 is 0 Å². The number of hydrogen-bond acceptors (Lipinski definition) is 1. The van der Waals surface area contributed by atoms with Gasteiger partial charge in [0.2, 0.25) is 0 Å². The summed E-state index contributed by atoms with van der Waals surface area (Å²) in [6.07, 6.45) is 8.63. The van der Waals surface area contributed by atoms with Gasteiger partial charge in [-0.2, -0.15) is 0 Å². The fourth-order valence-electron chi connectivity index (χ4n) is 1.22. The summed E-state index contributed by atoms with van der Waals surface area (Å²) in [6.45, 7) is 0. The second-order valence-electron chi connectivity index (χ2n) is 2.67. The lowest BCUT2D eigenvalue weighted by atomic mass is 9.94. The zero-order chi connectivity index (χ0) is 8.55. The fourth-order valence-corrected chi connectivity index (χ4v) is 1.42. The normalized spacial score (nSPS) is 26.4. The van der Waals surface area contributed by atoms with E-state index in [9.17, 15) is 4.79 Å². The highest BCUT2D eigenvalue weighted by atomic mass is 35.5. The lowest BCUT2D eigenvalue weighted by molar-refractivity contribution is -0.113. The Bertz CT molecular complexity index is 350. The first-order valence-corrected chi connectivity index (χ1v) is 3.98. The third-order valence-electron chi connectivity index (χ3n) is 1.81. The molecule has 1 aliphatic carbocycles. The standard InChI is InChI=1S/C9H6ClNO/c10-8-2-1-6-4-9(12)11-5-7(6)3-8/h1-5,7H. The van der Waals surface area contributed by atoms with Crippen molar-refractivity contribution in [2.45, 2.75) is 0 Å². The quantitative estimate of drug-likeness (QED) is 0.558. The Morgan fingerprint density at radius 2 is 2.25 bits per heavy atom. The molecular weight excluding hydrogens is 174 g/mol. The molecule has 2 rings (SSSR count). The van der Waals surface area contributed by atoms with Crippen LogP contribution in [0.4, 0.5) is 0 Å². The topological polar surface area (TPSA) is 29.4 Å². The molecule has 0 aromatic rings. The minimum absolute atomic E-state index is 0.0835. The summed E-state index contributed by atoms with van der Waals surface area (Å²) in [6, 6.07) is 0. The van der Waals surface area contributed by atoms with Crippen molar-refractivity contribution in [2.75, 3.05) is 0 Å². The molecule has 60 valence electrons. The number of halogens is 1. The van der Waals surface area contributed by atoms with Crippen molar-refractivity contribution in [2.24, 2.45) is 10.9 Å². The lowest BCUT2D eigenvalue weighted by Crippen LogP contribution is -2.11. The number of nitrogens with zero attached hydrogens (tertiary/aromatic N) is 1. The van der Waals surface area contributed by atoms with Gasteiger partial charge in [0.15, 0.2) is 0 Å². The van der Waals surface area contributed by atoms with Crippen LogP contribution in [0.2, 0.25) is 0 Å². The summed E-state index contributed by atoms with van der Waals surface area (Å²) < 4.78 is 0. The van der Waals surface area contributed by atoms with Crippen molar-refractivity contribution >= 4 is 23.7 Å². The number of rotatable bonds is 0. The maximum Gasteiger partial charge on any atom is 0.269 e. The summed E-state index contributed by atoms with van der Waals surface area (Å²) >= 11 is 5.77. The van der Waals surface area contributed by atoms with E-state index in [2.05, 4.69) is 4.99 Å². The molecule has 1 heterocycles. The fraction of sp³-hybridized carbons (Fsp3) is 0.111. The van der Waals surface area contributed by atoms with Crippen molar-refractivity contribution in [3.63, 3.8) is 0 Å². The maximum absolute atomic E-state index is 10.8. The molecule has 0 saturated carbocycles. The Hall–Kier alpha value is -1.15. The number of amides is 1. The Balaban J connectivity index is 2.38. The summed E-state index contributed by atoms with van der Waals surface area (Å²) in [5.74, 6) is -0.113. The van der Waals surface area contributed by atoms with Crippen LogP contribution >= 0.6 is 11.6 Å². The van der Waals surface area contributed by atoms with Gasteiger partial charge < -0.3 is 0 Å². The van der Waals surface area contributed by atoms with Crippen LogP contribution in [0.5, 0.6) is 0 Å². The molecule has 0 saturated heterocycles. The summed E-state index contributed by atoms with van der Waals surface area (Å²) in [5, 5.41) is 0.693. The Kier molecular flexibility index (Phi) is 1.70. The maximum atomic E-state index is 10.8. The van der Waals surface area contributed by atoms with E-state index < -0.39 is 0 Å². The number of carbonyl (C=O) groups is 1. The smallest absolute Gasteiger partial charge is 0.267 e. The molecule has 2 nitrogen and oxygen atoms in total. The van der Waals surface area contributed by atoms with Gasteiger partial charge in [-0.1, -0.05) is 23.8 Å². The first-order valence-electron chi connectivity index (χ1n) is 3.61. The average molecular weight is 180 g/mol. The molecule has 1 amide bonds. The highest BCUT2D eigenvalue weighted by Crippen LogP contribution is 2.24. The summed E-state index contributed by atoms with van der Waals surface area (Å²) in [4.78, 5) is 14.5. The first-order chi connectivity index (χ1) is 5.75. The van der Waals surface area contributed by atoms with Crippen LogP contribution in [0.25, 0.3) is 0 Å². The minimum Gasteiger partial charge on any atom is -0.267 e. The number of allylic oxidation sites excluding steroid dienone is 5.